The first-order valence-corrected chi connectivity index (χ1v) is 11.0. The van der Waals surface area contributed by atoms with Crippen LogP contribution in [0, 0.1) is 0 Å². The molecule has 1 atom stereocenters. The third kappa shape index (κ3) is 5.11. The van der Waals surface area contributed by atoms with Crippen molar-refractivity contribution in [1.82, 2.24) is 14.8 Å². The van der Waals surface area contributed by atoms with Gasteiger partial charge in [0.15, 0.2) is 17.1 Å². The second-order valence-electron chi connectivity index (χ2n) is 5.94. The fourth-order valence-corrected chi connectivity index (χ4v) is 4.55. The van der Waals surface area contributed by atoms with Gasteiger partial charge in [0.25, 0.3) is 0 Å². The minimum Gasteiger partial charge on any atom is -0.483 e. The average Bonchev–Trinajstić information content (AvgIpc) is 3.06. The van der Waals surface area contributed by atoms with Gasteiger partial charge < -0.3 is 4.74 Å². The summed E-state index contributed by atoms with van der Waals surface area (Å²) in [6, 6.07) is 13.2. The number of hydrogen-bond donors (Lipinski definition) is 0. The molecule has 3 rings (SSSR count). The summed E-state index contributed by atoms with van der Waals surface area (Å²) in [5, 5.41) is 10.7. The first-order chi connectivity index (χ1) is 13.5. The number of ether oxygens (including phenoxy) is 1. The summed E-state index contributed by atoms with van der Waals surface area (Å²) in [6.07, 6.45) is 1.54. The number of allylic oxidation sites excluding steroid dienone is 1. The zero-order chi connectivity index (χ0) is 20.1. The Morgan fingerprint density at radius 2 is 1.86 bits per heavy atom. The average molecular weight is 499 g/mol. The number of hydrogen-bond acceptors (Lipinski definition) is 4. The van der Waals surface area contributed by atoms with Crippen molar-refractivity contribution in [2.24, 2.45) is 0 Å². The molecule has 0 amide bonds. The smallest absolute Gasteiger partial charge is 0.191 e. The van der Waals surface area contributed by atoms with Gasteiger partial charge in [0.05, 0.1) is 0 Å². The lowest BCUT2D eigenvalue weighted by molar-refractivity contribution is 0.210. The van der Waals surface area contributed by atoms with Gasteiger partial charge >= 0.3 is 0 Å². The highest BCUT2D eigenvalue weighted by atomic mass is 79.9. The molecule has 0 aliphatic heterocycles. The van der Waals surface area contributed by atoms with Gasteiger partial charge in [0.2, 0.25) is 0 Å². The Hall–Kier alpha value is -1.47. The van der Waals surface area contributed by atoms with Crippen LogP contribution in [-0.4, -0.2) is 14.8 Å². The quantitative estimate of drug-likeness (QED) is 0.248. The Morgan fingerprint density at radius 3 is 2.50 bits per heavy atom. The SMILES string of the molecule is C=CCn1c(SCc2c(Cl)cccc2Cl)nnc1C(C)Oc1ccc(Br)cc1. The molecule has 1 aromatic heterocycles. The molecule has 0 spiro atoms. The van der Waals surface area contributed by atoms with Crippen molar-refractivity contribution in [3.05, 3.63) is 81.0 Å². The number of halogens is 3. The molecule has 1 heterocycles. The highest BCUT2D eigenvalue weighted by Gasteiger charge is 2.19. The van der Waals surface area contributed by atoms with Crippen LogP contribution in [0.15, 0.2) is 64.7 Å². The summed E-state index contributed by atoms with van der Waals surface area (Å²) in [6.45, 7) is 6.37. The molecule has 0 aliphatic rings. The molecule has 0 N–H and O–H groups in total. The maximum Gasteiger partial charge on any atom is 0.191 e. The Balaban J connectivity index is 1.78. The lowest BCUT2D eigenvalue weighted by atomic mass is 10.2. The standard InChI is InChI=1S/C20H18BrCl2N3OS/c1-3-11-26-19(13(2)27-15-9-7-14(21)8-10-15)24-25-20(26)28-12-16-17(22)5-4-6-18(16)23/h3-10,13H,1,11-12H2,2H3. The van der Waals surface area contributed by atoms with Gasteiger partial charge in [-0.3, -0.25) is 4.57 Å². The van der Waals surface area contributed by atoms with Crippen molar-refractivity contribution < 1.29 is 4.74 Å². The van der Waals surface area contributed by atoms with Crippen molar-refractivity contribution in [2.75, 3.05) is 0 Å². The molecule has 28 heavy (non-hydrogen) atoms. The molecular weight excluding hydrogens is 481 g/mol. The maximum atomic E-state index is 6.27. The van der Waals surface area contributed by atoms with E-state index in [4.69, 9.17) is 27.9 Å². The molecule has 2 aromatic carbocycles. The van der Waals surface area contributed by atoms with E-state index in [1.807, 2.05) is 60.0 Å². The molecule has 1 unspecified atom stereocenters. The van der Waals surface area contributed by atoms with Crippen LogP contribution in [0.1, 0.15) is 24.4 Å². The van der Waals surface area contributed by atoms with Crippen LogP contribution in [0.2, 0.25) is 10.0 Å². The molecule has 146 valence electrons. The summed E-state index contributed by atoms with van der Waals surface area (Å²) in [7, 11) is 0. The molecule has 0 saturated carbocycles. The zero-order valence-electron chi connectivity index (χ0n) is 15.1. The lowest BCUT2D eigenvalue weighted by Crippen LogP contribution is -2.12. The van der Waals surface area contributed by atoms with E-state index in [1.54, 1.807) is 0 Å². The molecule has 0 bridgehead atoms. The molecule has 8 heteroatoms. The second kappa shape index (κ2) is 9.83. The molecule has 0 aliphatic carbocycles. The molecule has 3 aromatic rings. The fourth-order valence-electron chi connectivity index (χ4n) is 2.59. The van der Waals surface area contributed by atoms with Gasteiger partial charge in [-0.2, -0.15) is 0 Å². The van der Waals surface area contributed by atoms with Crippen molar-refractivity contribution >= 4 is 50.9 Å². The van der Waals surface area contributed by atoms with Gasteiger partial charge in [-0.05, 0) is 48.9 Å². The van der Waals surface area contributed by atoms with Crippen molar-refractivity contribution in [3.8, 4) is 5.75 Å². The van der Waals surface area contributed by atoms with Crippen molar-refractivity contribution in [2.45, 2.75) is 30.5 Å². The number of nitrogens with zero attached hydrogens (tertiary/aromatic N) is 3. The van der Waals surface area contributed by atoms with E-state index < -0.39 is 0 Å². The topological polar surface area (TPSA) is 39.9 Å². The first-order valence-electron chi connectivity index (χ1n) is 8.51. The Labute approximate surface area is 187 Å². The van der Waals surface area contributed by atoms with Gasteiger partial charge in [0.1, 0.15) is 5.75 Å². The van der Waals surface area contributed by atoms with Gasteiger partial charge in [-0.25, -0.2) is 0 Å². The van der Waals surface area contributed by atoms with Crippen LogP contribution in [0.25, 0.3) is 0 Å². The van der Waals surface area contributed by atoms with E-state index in [9.17, 15) is 0 Å². The summed E-state index contributed by atoms with van der Waals surface area (Å²) in [5.41, 5.74) is 0.879. The number of rotatable bonds is 8. The monoisotopic (exact) mass is 497 g/mol. The minimum absolute atomic E-state index is 0.271. The second-order valence-corrected chi connectivity index (χ2v) is 8.62. The Bertz CT molecular complexity index is 942. The normalized spacial score (nSPS) is 12.0. The van der Waals surface area contributed by atoms with E-state index in [0.29, 0.717) is 22.3 Å². The minimum atomic E-state index is -0.271. The summed E-state index contributed by atoms with van der Waals surface area (Å²) in [4.78, 5) is 0. The molecule has 0 fully saturated rings. The fraction of sp³-hybridized carbons (Fsp3) is 0.200. The van der Waals surface area contributed by atoms with Crippen LogP contribution in [0.5, 0.6) is 5.75 Å². The number of benzene rings is 2. The molecule has 4 nitrogen and oxygen atoms in total. The summed E-state index contributed by atoms with van der Waals surface area (Å²) in [5.74, 6) is 2.09. The highest BCUT2D eigenvalue weighted by Crippen LogP contribution is 2.32. The van der Waals surface area contributed by atoms with E-state index in [-0.39, 0.29) is 6.10 Å². The van der Waals surface area contributed by atoms with Crippen LogP contribution in [-0.2, 0) is 12.3 Å². The summed E-state index contributed by atoms with van der Waals surface area (Å²) < 4.78 is 9.02. The van der Waals surface area contributed by atoms with E-state index in [2.05, 4.69) is 32.7 Å². The largest absolute Gasteiger partial charge is 0.483 e. The molecular formula is C20H18BrCl2N3OS. The van der Waals surface area contributed by atoms with E-state index in [1.165, 1.54) is 11.8 Å². The van der Waals surface area contributed by atoms with Crippen LogP contribution < -0.4 is 4.74 Å². The number of thioether (sulfide) groups is 1. The lowest BCUT2D eigenvalue weighted by Gasteiger charge is -2.16. The van der Waals surface area contributed by atoms with Crippen LogP contribution in [0.3, 0.4) is 0 Å². The molecule has 0 radical (unpaired) electrons. The van der Waals surface area contributed by atoms with Gasteiger partial charge in [0, 0.05) is 26.8 Å². The van der Waals surface area contributed by atoms with Gasteiger partial charge in [-0.15, -0.1) is 16.8 Å². The highest BCUT2D eigenvalue weighted by molar-refractivity contribution is 9.10. The summed E-state index contributed by atoms with van der Waals surface area (Å²) >= 11 is 17.5. The Morgan fingerprint density at radius 1 is 1.18 bits per heavy atom. The van der Waals surface area contributed by atoms with Crippen LogP contribution in [0.4, 0.5) is 0 Å². The third-order valence-electron chi connectivity index (χ3n) is 3.95. The maximum absolute atomic E-state index is 6.27. The van der Waals surface area contributed by atoms with Crippen molar-refractivity contribution in [1.29, 1.82) is 0 Å². The predicted molar refractivity (Wildman–Crippen MR) is 119 cm³/mol. The molecule has 0 saturated heterocycles. The van der Waals surface area contributed by atoms with Crippen molar-refractivity contribution in [3.63, 3.8) is 0 Å². The van der Waals surface area contributed by atoms with Gasteiger partial charge in [-0.1, -0.05) is 63.0 Å². The van der Waals surface area contributed by atoms with Crippen LogP contribution >= 0.6 is 50.9 Å². The van der Waals surface area contributed by atoms with E-state index in [0.717, 1.165) is 26.8 Å². The zero-order valence-corrected chi connectivity index (χ0v) is 19.0. The number of aromatic nitrogens is 3. The van der Waals surface area contributed by atoms with E-state index >= 15 is 0 Å². The Kier molecular flexibility index (Phi) is 7.46. The third-order valence-corrected chi connectivity index (χ3v) is 6.18. The predicted octanol–water partition coefficient (Wildman–Crippen LogP) is 6.97. The first kappa shape index (κ1) is 21.2.